The first-order valence-electron chi connectivity index (χ1n) is 8.86. The van der Waals surface area contributed by atoms with Gasteiger partial charge in [-0.15, -0.1) is 0 Å². The second kappa shape index (κ2) is 8.89. The van der Waals surface area contributed by atoms with E-state index in [-0.39, 0.29) is 31.1 Å². The minimum absolute atomic E-state index is 0.0157. The van der Waals surface area contributed by atoms with Crippen LogP contribution in [0.4, 0.5) is 4.79 Å². The van der Waals surface area contributed by atoms with Crippen molar-refractivity contribution in [2.75, 3.05) is 6.61 Å². The molecule has 1 fully saturated rings. The number of ether oxygens (including phenoxy) is 1. The largest absolute Gasteiger partial charge is 0.466 e. The minimum Gasteiger partial charge on any atom is -0.466 e. The minimum atomic E-state index is -0.985. The molecule has 1 aromatic rings. The highest BCUT2D eigenvalue weighted by atomic mass is 16.6. The van der Waals surface area contributed by atoms with Gasteiger partial charge in [0.25, 0.3) is 0 Å². The zero-order chi connectivity index (χ0) is 18.3. The molecule has 7 heteroatoms. The molecule has 0 aromatic carbocycles. The van der Waals surface area contributed by atoms with E-state index in [9.17, 15) is 14.7 Å². The van der Waals surface area contributed by atoms with Gasteiger partial charge in [-0.25, -0.2) is 4.79 Å². The number of alkyl carbamates (subject to hydrolysis) is 1. The monoisotopic (exact) mass is 352 g/mol. The molecule has 7 nitrogen and oxygen atoms in total. The van der Waals surface area contributed by atoms with Gasteiger partial charge in [0.2, 0.25) is 5.91 Å². The van der Waals surface area contributed by atoms with Crippen LogP contribution >= 0.6 is 0 Å². The van der Waals surface area contributed by atoms with E-state index in [1.807, 2.05) is 13.8 Å². The Morgan fingerprint density at radius 1 is 1.32 bits per heavy atom. The number of amides is 2. The Kier molecular flexibility index (Phi) is 6.87. The molecule has 0 aliphatic heterocycles. The molecular weight excluding hydrogens is 324 g/mol. The van der Waals surface area contributed by atoms with Crippen molar-refractivity contribution in [3.8, 4) is 0 Å². The smallest absolute Gasteiger partial charge is 0.408 e. The molecule has 2 amide bonds. The van der Waals surface area contributed by atoms with Crippen molar-refractivity contribution in [3.05, 3.63) is 24.2 Å². The van der Waals surface area contributed by atoms with Crippen LogP contribution in [0.3, 0.4) is 0 Å². The van der Waals surface area contributed by atoms with E-state index in [4.69, 9.17) is 9.15 Å². The Labute approximate surface area is 148 Å². The van der Waals surface area contributed by atoms with Crippen LogP contribution in [0.1, 0.15) is 51.7 Å². The summed E-state index contributed by atoms with van der Waals surface area (Å²) in [4.78, 5) is 25.1. The van der Waals surface area contributed by atoms with Crippen molar-refractivity contribution in [1.82, 2.24) is 10.6 Å². The lowest BCUT2D eigenvalue weighted by molar-refractivity contribution is -0.130. The topological polar surface area (TPSA) is 101 Å². The molecule has 1 saturated carbocycles. The molecule has 0 unspecified atom stereocenters. The maximum atomic E-state index is 12.9. The number of carbonyl (C=O) groups excluding carboxylic acids is 2. The number of hydrogen-bond donors (Lipinski definition) is 3. The Morgan fingerprint density at radius 2 is 2.04 bits per heavy atom. The summed E-state index contributed by atoms with van der Waals surface area (Å²) in [7, 11) is 0. The summed E-state index contributed by atoms with van der Waals surface area (Å²) >= 11 is 0. The van der Waals surface area contributed by atoms with Crippen LogP contribution in [0.15, 0.2) is 22.8 Å². The van der Waals surface area contributed by atoms with Crippen molar-refractivity contribution < 1.29 is 23.8 Å². The summed E-state index contributed by atoms with van der Waals surface area (Å²) < 4.78 is 10.3. The molecule has 25 heavy (non-hydrogen) atoms. The average Bonchev–Trinajstić information content (AvgIpc) is 3.11. The molecule has 0 spiro atoms. The van der Waals surface area contributed by atoms with Crippen LogP contribution in [-0.4, -0.2) is 35.3 Å². The third-order valence-corrected chi connectivity index (χ3v) is 4.73. The maximum Gasteiger partial charge on any atom is 0.408 e. The zero-order valence-electron chi connectivity index (χ0n) is 14.9. The summed E-state index contributed by atoms with van der Waals surface area (Å²) in [6, 6.07) is 3.09. The van der Waals surface area contributed by atoms with E-state index >= 15 is 0 Å². The first kappa shape index (κ1) is 19.3. The van der Waals surface area contributed by atoms with Gasteiger partial charge in [0, 0.05) is 0 Å². The molecule has 0 bridgehead atoms. The number of aliphatic hydroxyl groups excluding tert-OH is 1. The normalized spacial score (nSPS) is 17.8. The van der Waals surface area contributed by atoms with E-state index in [1.54, 1.807) is 12.1 Å². The molecule has 0 saturated heterocycles. The van der Waals surface area contributed by atoms with Gasteiger partial charge in [0.05, 0.1) is 18.9 Å². The van der Waals surface area contributed by atoms with Gasteiger partial charge in [0.15, 0.2) is 6.61 Å². The van der Waals surface area contributed by atoms with Crippen molar-refractivity contribution in [3.63, 3.8) is 0 Å². The summed E-state index contributed by atoms with van der Waals surface area (Å²) in [5.74, 6) is 0.382. The van der Waals surface area contributed by atoms with Crippen LogP contribution < -0.4 is 10.6 Å². The lowest BCUT2D eigenvalue weighted by Gasteiger charge is -2.37. The number of rotatable bonds is 7. The molecule has 3 N–H and O–H groups in total. The van der Waals surface area contributed by atoms with Gasteiger partial charge in [-0.05, 0) is 30.9 Å². The van der Waals surface area contributed by atoms with Crippen LogP contribution in [0.5, 0.6) is 0 Å². The lowest BCUT2D eigenvalue weighted by atomic mass is 9.80. The molecule has 0 radical (unpaired) electrons. The number of hydrogen-bond acceptors (Lipinski definition) is 5. The van der Waals surface area contributed by atoms with Crippen molar-refractivity contribution in [1.29, 1.82) is 0 Å². The average molecular weight is 352 g/mol. The Balaban J connectivity index is 2.00. The van der Waals surface area contributed by atoms with Crippen LogP contribution in [0, 0.1) is 5.92 Å². The summed E-state index contributed by atoms with van der Waals surface area (Å²) in [6.07, 6.45) is 4.74. The van der Waals surface area contributed by atoms with Gasteiger partial charge in [-0.3, -0.25) is 4.79 Å². The van der Waals surface area contributed by atoms with E-state index in [1.165, 1.54) is 6.26 Å². The van der Waals surface area contributed by atoms with Gasteiger partial charge < -0.3 is 24.9 Å². The van der Waals surface area contributed by atoms with Gasteiger partial charge >= 0.3 is 6.09 Å². The van der Waals surface area contributed by atoms with E-state index in [2.05, 4.69) is 10.6 Å². The molecule has 140 valence electrons. The van der Waals surface area contributed by atoms with Crippen LogP contribution in [0.25, 0.3) is 0 Å². The van der Waals surface area contributed by atoms with Crippen LogP contribution in [-0.2, 0) is 16.1 Å². The number of furan rings is 1. The fourth-order valence-corrected chi connectivity index (χ4v) is 3.06. The predicted octanol–water partition coefficient (Wildman–Crippen LogP) is 2.34. The third-order valence-electron chi connectivity index (χ3n) is 4.73. The highest BCUT2D eigenvalue weighted by Gasteiger charge is 2.42. The van der Waals surface area contributed by atoms with E-state index in [0.29, 0.717) is 18.6 Å². The molecule has 1 aromatic heterocycles. The zero-order valence-corrected chi connectivity index (χ0v) is 14.9. The Morgan fingerprint density at radius 3 is 2.60 bits per heavy atom. The van der Waals surface area contributed by atoms with Crippen molar-refractivity contribution in [2.24, 2.45) is 5.92 Å². The summed E-state index contributed by atoms with van der Waals surface area (Å²) in [5, 5.41) is 15.1. The van der Waals surface area contributed by atoms with Gasteiger partial charge in [-0.1, -0.05) is 33.1 Å². The third kappa shape index (κ3) is 5.22. The fraction of sp³-hybridized carbons (Fsp3) is 0.667. The van der Waals surface area contributed by atoms with Crippen molar-refractivity contribution >= 4 is 12.0 Å². The molecular formula is C18H28N2O5. The quantitative estimate of drug-likeness (QED) is 0.699. The summed E-state index contributed by atoms with van der Waals surface area (Å²) in [5.41, 5.74) is -0.985. The van der Waals surface area contributed by atoms with Crippen molar-refractivity contribution in [2.45, 2.75) is 64.1 Å². The van der Waals surface area contributed by atoms with E-state index in [0.717, 1.165) is 19.3 Å². The number of aliphatic hydroxyl groups is 1. The second-order valence-corrected chi connectivity index (χ2v) is 6.93. The SMILES string of the molecule is CC(C)[C@@H](CO)NC(=O)C1(NC(=O)OCc2ccco2)CCCCC1. The second-order valence-electron chi connectivity index (χ2n) is 6.93. The maximum absolute atomic E-state index is 12.9. The highest BCUT2D eigenvalue weighted by Crippen LogP contribution is 2.29. The van der Waals surface area contributed by atoms with Gasteiger partial charge in [-0.2, -0.15) is 0 Å². The molecule has 1 heterocycles. The summed E-state index contributed by atoms with van der Waals surface area (Å²) in [6.45, 7) is 3.74. The number of carbonyl (C=O) groups is 2. The number of nitrogens with one attached hydrogen (secondary N) is 2. The molecule has 1 aliphatic rings. The standard InChI is InChI=1S/C18H28N2O5/c1-13(2)15(11-21)19-16(22)18(8-4-3-5-9-18)20-17(23)25-12-14-7-6-10-24-14/h6-7,10,13,15,21H,3-5,8-9,11-12H2,1-2H3,(H,19,22)(H,20,23)/t15-/m1/s1. The Hall–Kier alpha value is -2.02. The van der Waals surface area contributed by atoms with E-state index < -0.39 is 11.6 Å². The highest BCUT2D eigenvalue weighted by molar-refractivity contribution is 5.90. The first-order chi connectivity index (χ1) is 12.0. The fourth-order valence-electron chi connectivity index (χ4n) is 3.06. The molecule has 1 aliphatic carbocycles. The first-order valence-corrected chi connectivity index (χ1v) is 8.86. The van der Waals surface area contributed by atoms with Gasteiger partial charge in [0.1, 0.15) is 11.3 Å². The van der Waals surface area contributed by atoms with Crippen LogP contribution in [0.2, 0.25) is 0 Å². The Bertz CT molecular complexity index is 550. The lowest BCUT2D eigenvalue weighted by Crippen LogP contribution is -2.62. The molecule has 2 rings (SSSR count). The predicted molar refractivity (Wildman–Crippen MR) is 91.7 cm³/mol. The molecule has 1 atom stereocenters.